The van der Waals surface area contributed by atoms with Gasteiger partial charge in [-0.15, -0.1) is 0 Å². The largest absolute Gasteiger partial charge is 0.383 e. The van der Waals surface area contributed by atoms with E-state index in [2.05, 4.69) is 42.7 Å². The summed E-state index contributed by atoms with van der Waals surface area (Å²) >= 11 is 0. The number of hydrogen-bond acceptors (Lipinski definition) is 2. The van der Waals surface area contributed by atoms with E-state index in [4.69, 9.17) is 0 Å². The van der Waals surface area contributed by atoms with Crippen LogP contribution in [0.15, 0.2) is 18.2 Å². The molecule has 0 saturated carbocycles. The fraction of sp³-hybridized carbons (Fsp3) is 0.500. The van der Waals surface area contributed by atoms with Crippen LogP contribution in [-0.4, -0.2) is 19.1 Å². The molecule has 0 fully saturated rings. The van der Waals surface area contributed by atoms with Crippen molar-refractivity contribution in [3.8, 4) is 0 Å². The van der Waals surface area contributed by atoms with Crippen LogP contribution in [0.5, 0.6) is 0 Å². The van der Waals surface area contributed by atoms with Crippen molar-refractivity contribution in [2.24, 2.45) is 0 Å². The van der Waals surface area contributed by atoms with Gasteiger partial charge in [-0.05, 0) is 37.1 Å². The van der Waals surface area contributed by atoms with Crippen LogP contribution < -0.4 is 10.6 Å². The van der Waals surface area contributed by atoms with Crippen molar-refractivity contribution < 1.29 is 0 Å². The molecule has 1 unspecified atom stereocenters. The number of hydrogen-bond donors (Lipinski definition) is 2. The van der Waals surface area contributed by atoms with Crippen molar-refractivity contribution in [2.75, 3.05) is 18.4 Å². The molecule has 0 radical (unpaired) electrons. The summed E-state index contributed by atoms with van der Waals surface area (Å²) in [6, 6.07) is 7.25. The van der Waals surface area contributed by atoms with Crippen LogP contribution in [0.2, 0.25) is 0 Å². The average molecular weight is 190 g/mol. The van der Waals surface area contributed by atoms with Crippen LogP contribution in [-0.2, 0) is 6.42 Å². The minimum Gasteiger partial charge on any atom is -0.383 e. The van der Waals surface area contributed by atoms with E-state index in [1.165, 1.54) is 16.8 Å². The zero-order valence-corrected chi connectivity index (χ0v) is 8.93. The molecule has 76 valence electrons. The minimum absolute atomic E-state index is 0.593. The molecule has 2 N–H and O–H groups in total. The molecule has 2 heteroatoms. The SMILES string of the molecule is CCNC1CNc2cc(C)ccc2C1. The van der Waals surface area contributed by atoms with Crippen LogP contribution in [0.4, 0.5) is 5.69 Å². The van der Waals surface area contributed by atoms with Gasteiger partial charge in [-0.1, -0.05) is 19.1 Å². The van der Waals surface area contributed by atoms with Crippen LogP contribution in [0.3, 0.4) is 0 Å². The minimum atomic E-state index is 0.593. The third-order valence-corrected chi connectivity index (χ3v) is 2.76. The molecule has 0 bridgehead atoms. The van der Waals surface area contributed by atoms with Crippen molar-refractivity contribution >= 4 is 5.69 Å². The standard InChI is InChI=1S/C12H18N2/c1-3-13-11-7-10-5-4-9(2)6-12(10)14-8-11/h4-6,11,13-14H,3,7-8H2,1-2H3. The molecule has 0 aromatic heterocycles. The van der Waals surface area contributed by atoms with Gasteiger partial charge in [-0.3, -0.25) is 0 Å². The Morgan fingerprint density at radius 2 is 2.36 bits per heavy atom. The lowest BCUT2D eigenvalue weighted by Crippen LogP contribution is -2.40. The Balaban J connectivity index is 2.15. The summed E-state index contributed by atoms with van der Waals surface area (Å²) in [5.74, 6) is 0. The van der Waals surface area contributed by atoms with Crippen molar-refractivity contribution in [3.05, 3.63) is 29.3 Å². The zero-order valence-electron chi connectivity index (χ0n) is 8.93. The molecule has 2 rings (SSSR count). The first-order valence-electron chi connectivity index (χ1n) is 5.36. The Kier molecular flexibility index (Phi) is 2.73. The van der Waals surface area contributed by atoms with Gasteiger partial charge in [0.2, 0.25) is 0 Å². The fourth-order valence-corrected chi connectivity index (χ4v) is 2.04. The number of fused-ring (bicyclic) bond motifs is 1. The van der Waals surface area contributed by atoms with Gasteiger partial charge in [0, 0.05) is 18.3 Å². The molecule has 1 aliphatic heterocycles. The lowest BCUT2D eigenvalue weighted by atomic mass is 9.98. The third kappa shape index (κ3) is 1.90. The fourth-order valence-electron chi connectivity index (χ4n) is 2.04. The second-order valence-electron chi connectivity index (χ2n) is 4.00. The van der Waals surface area contributed by atoms with E-state index >= 15 is 0 Å². The van der Waals surface area contributed by atoms with Gasteiger partial charge in [-0.2, -0.15) is 0 Å². The van der Waals surface area contributed by atoms with Crippen LogP contribution in [0.25, 0.3) is 0 Å². The number of likely N-dealkylation sites (N-methyl/N-ethyl adjacent to an activating group) is 1. The van der Waals surface area contributed by atoms with E-state index in [9.17, 15) is 0 Å². The highest BCUT2D eigenvalue weighted by Crippen LogP contribution is 2.22. The second-order valence-corrected chi connectivity index (χ2v) is 4.00. The molecule has 1 aromatic rings. The topological polar surface area (TPSA) is 24.1 Å². The highest BCUT2D eigenvalue weighted by atomic mass is 15.0. The molecular formula is C12H18N2. The van der Waals surface area contributed by atoms with Crippen molar-refractivity contribution in [2.45, 2.75) is 26.3 Å². The van der Waals surface area contributed by atoms with Gasteiger partial charge in [-0.25, -0.2) is 0 Å². The molecule has 2 nitrogen and oxygen atoms in total. The molecule has 0 saturated heterocycles. The molecule has 0 aliphatic carbocycles. The van der Waals surface area contributed by atoms with E-state index in [1.807, 2.05) is 0 Å². The van der Waals surface area contributed by atoms with Gasteiger partial charge in [0.25, 0.3) is 0 Å². The lowest BCUT2D eigenvalue weighted by Gasteiger charge is -2.27. The van der Waals surface area contributed by atoms with Gasteiger partial charge in [0.15, 0.2) is 0 Å². The number of aryl methyl sites for hydroxylation is 1. The van der Waals surface area contributed by atoms with Crippen molar-refractivity contribution in [3.63, 3.8) is 0 Å². The monoisotopic (exact) mass is 190 g/mol. The maximum atomic E-state index is 3.48. The number of rotatable bonds is 2. The summed E-state index contributed by atoms with van der Waals surface area (Å²) in [6.45, 7) is 6.39. The zero-order chi connectivity index (χ0) is 9.97. The van der Waals surface area contributed by atoms with Crippen molar-refractivity contribution in [1.29, 1.82) is 0 Å². The Morgan fingerprint density at radius 3 is 3.14 bits per heavy atom. The first-order chi connectivity index (χ1) is 6.79. The van der Waals surface area contributed by atoms with E-state index < -0.39 is 0 Å². The lowest BCUT2D eigenvalue weighted by molar-refractivity contribution is 0.534. The predicted octanol–water partition coefficient (Wildman–Crippen LogP) is 1.94. The Bertz CT molecular complexity index is 320. The second kappa shape index (κ2) is 4.01. The molecule has 1 aliphatic rings. The maximum absolute atomic E-state index is 3.48. The normalized spacial score (nSPS) is 20.0. The van der Waals surface area contributed by atoms with E-state index in [0.717, 1.165) is 19.5 Å². The summed E-state index contributed by atoms with van der Waals surface area (Å²) < 4.78 is 0. The smallest absolute Gasteiger partial charge is 0.0376 e. The van der Waals surface area contributed by atoms with Crippen LogP contribution in [0, 0.1) is 6.92 Å². The molecule has 1 aromatic carbocycles. The predicted molar refractivity (Wildman–Crippen MR) is 60.8 cm³/mol. The van der Waals surface area contributed by atoms with Crippen molar-refractivity contribution in [1.82, 2.24) is 5.32 Å². The number of anilines is 1. The number of benzene rings is 1. The van der Waals surface area contributed by atoms with Gasteiger partial charge >= 0.3 is 0 Å². The average Bonchev–Trinajstić information content (AvgIpc) is 2.19. The molecule has 0 spiro atoms. The Hall–Kier alpha value is -1.02. The summed E-state index contributed by atoms with van der Waals surface area (Å²) in [4.78, 5) is 0. The van der Waals surface area contributed by atoms with Gasteiger partial charge < -0.3 is 10.6 Å². The highest BCUT2D eigenvalue weighted by molar-refractivity contribution is 5.55. The van der Waals surface area contributed by atoms with Gasteiger partial charge in [0.1, 0.15) is 0 Å². The van der Waals surface area contributed by atoms with E-state index in [1.54, 1.807) is 0 Å². The molecule has 0 amide bonds. The Labute approximate surface area is 85.7 Å². The first kappa shape index (κ1) is 9.53. The van der Waals surface area contributed by atoms with Crippen LogP contribution in [0.1, 0.15) is 18.1 Å². The first-order valence-corrected chi connectivity index (χ1v) is 5.36. The summed E-state index contributed by atoms with van der Waals surface area (Å²) in [6.07, 6.45) is 1.15. The quantitative estimate of drug-likeness (QED) is 0.744. The molecule has 1 heterocycles. The summed E-state index contributed by atoms with van der Waals surface area (Å²) in [7, 11) is 0. The van der Waals surface area contributed by atoms with Gasteiger partial charge in [0.05, 0.1) is 0 Å². The highest BCUT2D eigenvalue weighted by Gasteiger charge is 2.16. The molecule has 14 heavy (non-hydrogen) atoms. The summed E-state index contributed by atoms with van der Waals surface area (Å²) in [5.41, 5.74) is 4.09. The van der Waals surface area contributed by atoms with Crippen LogP contribution >= 0.6 is 0 Å². The van der Waals surface area contributed by atoms with E-state index in [0.29, 0.717) is 6.04 Å². The summed E-state index contributed by atoms with van der Waals surface area (Å²) in [5, 5.41) is 6.95. The number of nitrogens with one attached hydrogen (secondary N) is 2. The van der Waals surface area contributed by atoms with E-state index in [-0.39, 0.29) is 0 Å². The maximum Gasteiger partial charge on any atom is 0.0376 e. The molecular weight excluding hydrogens is 172 g/mol. The molecule has 1 atom stereocenters. The third-order valence-electron chi connectivity index (χ3n) is 2.76. The Morgan fingerprint density at radius 1 is 1.50 bits per heavy atom.